The van der Waals surface area contributed by atoms with Gasteiger partial charge < -0.3 is 19.9 Å². The van der Waals surface area contributed by atoms with Crippen molar-refractivity contribution in [2.45, 2.75) is 31.7 Å². The predicted octanol–water partition coefficient (Wildman–Crippen LogP) is 4.00. The van der Waals surface area contributed by atoms with E-state index in [1.165, 1.54) is 11.8 Å². The molecule has 1 unspecified atom stereocenters. The summed E-state index contributed by atoms with van der Waals surface area (Å²) >= 11 is 1.25. The van der Waals surface area contributed by atoms with E-state index in [4.69, 9.17) is 19.9 Å². The highest BCUT2D eigenvalue weighted by molar-refractivity contribution is 7.99. The Morgan fingerprint density at radius 3 is 2.53 bits per heavy atom. The van der Waals surface area contributed by atoms with Crippen molar-refractivity contribution in [3.8, 4) is 17.9 Å². The molecule has 1 aliphatic heterocycles. The van der Waals surface area contributed by atoms with Gasteiger partial charge in [0.05, 0.1) is 36.5 Å². The van der Waals surface area contributed by atoms with Gasteiger partial charge in [-0.15, -0.1) is 0 Å². The molecule has 0 bridgehead atoms. The fraction of sp³-hybridized carbons (Fsp3) is 0.280. The topological polar surface area (TPSA) is 131 Å². The molecule has 3 rings (SSSR count). The Labute approximate surface area is 202 Å². The standard InChI is InChI=1S/C25H24N4O4S/c1-5-32-25(30)22-20(13-34-24-18(11-26)14(2)10-15(3)29-24)33-23(28)19(12-27)21(22)16-6-8-17(31-4)9-7-16/h6-10,21H,5,13,28H2,1-4H3. The molecule has 174 valence electrons. The number of nitriles is 2. The maximum absolute atomic E-state index is 13.1. The number of hydrogen-bond acceptors (Lipinski definition) is 9. The number of rotatable bonds is 7. The Balaban J connectivity index is 2.11. The molecule has 1 aromatic carbocycles. The van der Waals surface area contributed by atoms with Crippen molar-refractivity contribution < 1.29 is 19.0 Å². The van der Waals surface area contributed by atoms with Gasteiger partial charge in [-0.05, 0) is 50.1 Å². The first-order chi connectivity index (χ1) is 16.3. The maximum Gasteiger partial charge on any atom is 0.338 e. The van der Waals surface area contributed by atoms with Crippen LogP contribution in [0.2, 0.25) is 0 Å². The van der Waals surface area contributed by atoms with Gasteiger partial charge >= 0.3 is 5.97 Å². The summed E-state index contributed by atoms with van der Waals surface area (Å²) in [6, 6.07) is 13.1. The Morgan fingerprint density at radius 1 is 1.24 bits per heavy atom. The van der Waals surface area contributed by atoms with Gasteiger partial charge in [-0.25, -0.2) is 9.78 Å². The first kappa shape index (κ1) is 24.7. The van der Waals surface area contributed by atoms with Crippen molar-refractivity contribution in [3.05, 3.63) is 75.5 Å². The molecule has 2 N–H and O–H groups in total. The number of aromatic nitrogens is 1. The summed E-state index contributed by atoms with van der Waals surface area (Å²) in [6.07, 6.45) is 0. The van der Waals surface area contributed by atoms with E-state index in [1.54, 1.807) is 38.3 Å². The SMILES string of the molecule is CCOC(=O)C1=C(CSc2nc(C)cc(C)c2C#N)OC(N)=C(C#N)C1c1ccc(OC)cc1. The summed E-state index contributed by atoms with van der Waals surface area (Å²) in [4.78, 5) is 17.6. The number of pyridine rings is 1. The van der Waals surface area contributed by atoms with Crippen molar-refractivity contribution in [1.29, 1.82) is 10.5 Å². The number of thioether (sulfide) groups is 1. The number of esters is 1. The minimum absolute atomic E-state index is 0.0825. The van der Waals surface area contributed by atoms with Crippen LogP contribution in [0.15, 0.2) is 58.1 Å². The van der Waals surface area contributed by atoms with Crippen molar-refractivity contribution in [1.82, 2.24) is 4.98 Å². The normalized spacial score (nSPS) is 15.3. The molecule has 34 heavy (non-hydrogen) atoms. The van der Waals surface area contributed by atoms with Crippen LogP contribution >= 0.6 is 11.8 Å². The first-order valence-electron chi connectivity index (χ1n) is 10.5. The molecule has 0 spiro atoms. The van der Waals surface area contributed by atoms with Crippen LogP contribution in [0.1, 0.15) is 35.2 Å². The molecule has 2 aromatic rings. The number of allylic oxidation sites excluding steroid dienone is 1. The monoisotopic (exact) mass is 476 g/mol. The van der Waals surface area contributed by atoms with Gasteiger partial charge in [0.15, 0.2) is 0 Å². The van der Waals surface area contributed by atoms with Gasteiger partial charge in [0.1, 0.15) is 34.2 Å². The molecule has 1 atom stereocenters. The van der Waals surface area contributed by atoms with Gasteiger partial charge in [0, 0.05) is 5.69 Å². The summed E-state index contributed by atoms with van der Waals surface area (Å²) in [7, 11) is 1.55. The zero-order chi connectivity index (χ0) is 24.8. The van der Waals surface area contributed by atoms with Crippen molar-refractivity contribution in [2.24, 2.45) is 5.73 Å². The number of nitrogens with two attached hydrogens (primary N) is 1. The summed E-state index contributed by atoms with van der Waals surface area (Å²) in [6.45, 7) is 5.54. The molecule has 0 saturated carbocycles. The maximum atomic E-state index is 13.1. The Hall–Kier alpha value is -3.95. The average Bonchev–Trinajstić information content (AvgIpc) is 2.82. The van der Waals surface area contributed by atoms with Gasteiger partial charge in [-0.2, -0.15) is 10.5 Å². The lowest BCUT2D eigenvalue weighted by atomic mass is 9.83. The summed E-state index contributed by atoms with van der Waals surface area (Å²) in [5.74, 6) is -0.416. The van der Waals surface area contributed by atoms with Gasteiger partial charge in [-0.3, -0.25) is 0 Å². The van der Waals surface area contributed by atoms with Crippen LogP contribution in [-0.4, -0.2) is 30.4 Å². The van der Waals surface area contributed by atoms with Gasteiger partial charge in [0.2, 0.25) is 5.88 Å². The molecule has 0 fully saturated rings. The van der Waals surface area contributed by atoms with Crippen LogP contribution in [0.4, 0.5) is 0 Å². The highest BCUT2D eigenvalue weighted by Crippen LogP contribution is 2.41. The minimum Gasteiger partial charge on any atom is -0.497 e. The number of nitrogens with zero attached hydrogens (tertiary/aromatic N) is 3. The summed E-state index contributed by atoms with van der Waals surface area (Å²) in [5, 5.41) is 19.9. The van der Waals surface area contributed by atoms with Crippen LogP contribution in [0.5, 0.6) is 5.75 Å². The summed E-state index contributed by atoms with van der Waals surface area (Å²) in [5.41, 5.74) is 9.12. The quantitative estimate of drug-likeness (QED) is 0.465. The number of aryl methyl sites for hydroxylation is 2. The molecule has 1 aromatic heterocycles. The third-order valence-corrected chi connectivity index (χ3v) is 6.18. The molecular formula is C25H24N4O4S. The van der Waals surface area contributed by atoms with E-state index in [2.05, 4.69) is 17.1 Å². The fourth-order valence-corrected chi connectivity index (χ4v) is 4.71. The Kier molecular flexibility index (Phi) is 7.83. The zero-order valence-corrected chi connectivity index (χ0v) is 20.2. The lowest BCUT2D eigenvalue weighted by Gasteiger charge is -2.28. The number of hydrogen-bond donors (Lipinski definition) is 1. The molecule has 0 amide bonds. The van der Waals surface area contributed by atoms with E-state index in [-0.39, 0.29) is 35.1 Å². The number of carbonyl (C=O) groups is 1. The second-order valence-electron chi connectivity index (χ2n) is 7.42. The van der Waals surface area contributed by atoms with Crippen molar-refractivity contribution in [3.63, 3.8) is 0 Å². The van der Waals surface area contributed by atoms with E-state index in [0.717, 1.165) is 11.3 Å². The largest absolute Gasteiger partial charge is 0.497 e. The van der Waals surface area contributed by atoms with E-state index in [1.807, 2.05) is 19.9 Å². The van der Waals surface area contributed by atoms with Crippen molar-refractivity contribution in [2.75, 3.05) is 19.5 Å². The van der Waals surface area contributed by atoms with Crippen LogP contribution in [0.25, 0.3) is 0 Å². The molecule has 8 nitrogen and oxygen atoms in total. The number of ether oxygens (including phenoxy) is 3. The molecule has 9 heteroatoms. The Morgan fingerprint density at radius 2 is 1.94 bits per heavy atom. The van der Waals surface area contributed by atoms with E-state index in [0.29, 0.717) is 21.9 Å². The van der Waals surface area contributed by atoms with E-state index >= 15 is 0 Å². The Bertz CT molecular complexity index is 1250. The van der Waals surface area contributed by atoms with Gasteiger partial charge in [-0.1, -0.05) is 23.9 Å². The molecular weight excluding hydrogens is 452 g/mol. The second kappa shape index (κ2) is 10.8. The molecule has 1 aliphatic rings. The number of benzene rings is 1. The van der Waals surface area contributed by atoms with E-state index in [9.17, 15) is 15.3 Å². The number of methoxy groups -OCH3 is 1. The molecule has 0 radical (unpaired) electrons. The average molecular weight is 477 g/mol. The first-order valence-corrected chi connectivity index (χ1v) is 11.5. The lowest BCUT2D eigenvalue weighted by Crippen LogP contribution is -2.27. The van der Waals surface area contributed by atoms with Crippen LogP contribution in [-0.2, 0) is 14.3 Å². The van der Waals surface area contributed by atoms with Crippen LogP contribution < -0.4 is 10.5 Å². The van der Waals surface area contributed by atoms with Crippen LogP contribution in [0.3, 0.4) is 0 Å². The lowest BCUT2D eigenvalue weighted by molar-refractivity contribution is -0.139. The predicted molar refractivity (Wildman–Crippen MR) is 126 cm³/mol. The summed E-state index contributed by atoms with van der Waals surface area (Å²) < 4.78 is 16.3. The van der Waals surface area contributed by atoms with Gasteiger partial charge in [0.25, 0.3) is 0 Å². The fourth-order valence-electron chi connectivity index (χ4n) is 3.66. The number of carbonyl (C=O) groups excluding carboxylic acids is 1. The third-order valence-electron chi connectivity index (χ3n) is 5.20. The molecule has 2 heterocycles. The third kappa shape index (κ3) is 5.00. The molecule has 0 saturated heterocycles. The molecule has 0 aliphatic carbocycles. The van der Waals surface area contributed by atoms with Crippen molar-refractivity contribution >= 4 is 17.7 Å². The zero-order valence-electron chi connectivity index (χ0n) is 19.3. The smallest absolute Gasteiger partial charge is 0.338 e. The van der Waals surface area contributed by atoms with E-state index < -0.39 is 11.9 Å². The highest BCUT2D eigenvalue weighted by Gasteiger charge is 2.37. The van der Waals surface area contributed by atoms with Crippen LogP contribution in [0, 0.1) is 36.5 Å². The second-order valence-corrected chi connectivity index (χ2v) is 8.38. The highest BCUT2D eigenvalue weighted by atomic mass is 32.2. The minimum atomic E-state index is -0.776.